The second-order valence-corrected chi connectivity index (χ2v) is 12.7. The van der Waals surface area contributed by atoms with Crippen molar-refractivity contribution in [2.45, 2.75) is 50.2 Å². The summed E-state index contributed by atoms with van der Waals surface area (Å²) in [6.45, 7) is 0.0383. The Kier molecular flexibility index (Phi) is 8.09. The highest BCUT2D eigenvalue weighted by molar-refractivity contribution is 6.33. The highest BCUT2D eigenvalue weighted by atomic mass is 35.5. The molecule has 0 saturated carbocycles. The predicted octanol–water partition coefficient (Wildman–Crippen LogP) is 4.81. The van der Waals surface area contributed by atoms with E-state index in [1.165, 1.54) is 12.3 Å². The molecule has 3 aliphatic rings. The number of carbonyl (C=O) groups is 3. The zero-order valence-electron chi connectivity index (χ0n) is 25.8. The first-order valence-corrected chi connectivity index (χ1v) is 15.9. The number of aromatic nitrogens is 4. The lowest BCUT2D eigenvalue weighted by Gasteiger charge is -2.33. The van der Waals surface area contributed by atoms with Crippen molar-refractivity contribution in [3.05, 3.63) is 58.9 Å². The second kappa shape index (κ2) is 12.3. The third kappa shape index (κ3) is 6.33. The molecule has 48 heavy (non-hydrogen) atoms. The number of nitrogens with one attached hydrogen (secondary N) is 3. The highest BCUT2D eigenvalue weighted by Gasteiger charge is 2.38. The average Bonchev–Trinajstić information content (AvgIpc) is 3.52. The maximum absolute atomic E-state index is 13.0. The van der Waals surface area contributed by atoms with Crippen molar-refractivity contribution in [2.75, 3.05) is 40.1 Å². The molecule has 0 spiro atoms. The van der Waals surface area contributed by atoms with Gasteiger partial charge in [0, 0.05) is 55.0 Å². The van der Waals surface area contributed by atoms with E-state index in [1.54, 1.807) is 16.8 Å². The van der Waals surface area contributed by atoms with E-state index >= 15 is 0 Å². The van der Waals surface area contributed by atoms with Crippen molar-refractivity contribution in [3.63, 3.8) is 0 Å². The van der Waals surface area contributed by atoms with Crippen LogP contribution in [0.1, 0.15) is 42.9 Å². The van der Waals surface area contributed by atoms with Gasteiger partial charge in [-0.2, -0.15) is 23.3 Å². The maximum atomic E-state index is 13.0. The molecule has 7 rings (SSSR count). The molecule has 3 N–H and O–H groups in total. The van der Waals surface area contributed by atoms with Crippen LogP contribution >= 0.6 is 11.6 Å². The number of carbonyl (C=O) groups excluding carboxylic acids is 3. The van der Waals surface area contributed by atoms with E-state index in [9.17, 15) is 27.6 Å². The number of benzene rings is 2. The van der Waals surface area contributed by atoms with Gasteiger partial charge in [-0.1, -0.05) is 11.6 Å². The molecule has 3 amide bonds. The Hall–Kier alpha value is -4.92. The number of hydrogen-bond acceptors (Lipinski definition) is 9. The zero-order chi connectivity index (χ0) is 33.7. The smallest absolute Gasteiger partial charge is 0.382 e. The molecule has 2 fully saturated rings. The molecule has 1 unspecified atom stereocenters. The number of hydrogen-bond donors (Lipinski definition) is 3. The Labute approximate surface area is 277 Å². The molecular formula is C32H31ClF3N9O3. The van der Waals surface area contributed by atoms with E-state index in [-0.39, 0.29) is 35.0 Å². The summed E-state index contributed by atoms with van der Waals surface area (Å²) < 4.78 is 40.7. The summed E-state index contributed by atoms with van der Waals surface area (Å²) in [5, 5.41) is 14.9. The minimum absolute atomic E-state index is 0.119. The average molecular weight is 682 g/mol. The minimum atomic E-state index is -4.50. The lowest BCUT2D eigenvalue weighted by atomic mass is 9.93. The van der Waals surface area contributed by atoms with Crippen LogP contribution in [0.4, 0.5) is 42.0 Å². The third-order valence-corrected chi connectivity index (χ3v) is 9.22. The summed E-state index contributed by atoms with van der Waals surface area (Å²) in [6.07, 6.45) is -0.757. The summed E-state index contributed by atoms with van der Waals surface area (Å²) >= 11 is 6.40. The molecule has 3 aliphatic heterocycles. The van der Waals surface area contributed by atoms with Crippen molar-refractivity contribution in [1.29, 1.82) is 0 Å². The van der Waals surface area contributed by atoms with Crippen LogP contribution in [0.15, 0.2) is 42.6 Å². The van der Waals surface area contributed by atoms with Gasteiger partial charge in [0.15, 0.2) is 5.82 Å². The molecule has 2 saturated heterocycles. The van der Waals surface area contributed by atoms with Gasteiger partial charge in [0.05, 0.1) is 29.7 Å². The van der Waals surface area contributed by atoms with Crippen LogP contribution in [0.5, 0.6) is 0 Å². The van der Waals surface area contributed by atoms with Gasteiger partial charge in [-0.05, 0) is 61.2 Å². The van der Waals surface area contributed by atoms with E-state index < -0.39 is 24.5 Å². The molecular weight excluding hydrogens is 651 g/mol. The fourth-order valence-corrected chi connectivity index (χ4v) is 6.73. The van der Waals surface area contributed by atoms with Crippen LogP contribution in [0.25, 0.3) is 10.9 Å². The quantitative estimate of drug-likeness (QED) is 0.235. The van der Waals surface area contributed by atoms with Gasteiger partial charge in [-0.25, -0.2) is 4.98 Å². The number of amides is 3. The second-order valence-electron chi connectivity index (χ2n) is 12.3. The number of nitrogens with zero attached hydrogens (tertiary/aromatic N) is 6. The van der Waals surface area contributed by atoms with Crippen molar-refractivity contribution >= 4 is 69.1 Å². The summed E-state index contributed by atoms with van der Waals surface area (Å²) in [7, 11) is 1.84. The lowest BCUT2D eigenvalue weighted by molar-refractivity contribution is -0.134. The van der Waals surface area contributed by atoms with E-state index in [0.717, 1.165) is 34.3 Å². The van der Waals surface area contributed by atoms with Gasteiger partial charge in [0.2, 0.25) is 23.7 Å². The molecule has 0 aliphatic carbocycles. The summed E-state index contributed by atoms with van der Waals surface area (Å²) in [5.74, 6) is -0.793. The topological polar surface area (TPSA) is 137 Å². The lowest BCUT2D eigenvalue weighted by Crippen LogP contribution is -2.40. The van der Waals surface area contributed by atoms with Crippen LogP contribution in [-0.4, -0.2) is 69.3 Å². The summed E-state index contributed by atoms with van der Waals surface area (Å²) in [5.41, 5.74) is 3.77. The van der Waals surface area contributed by atoms with Crippen molar-refractivity contribution in [3.8, 4) is 0 Å². The van der Waals surface area contributed by atoms with Crippen molar-refractivity contribution in [2.24, 2.45) is 7.05 Å². The van der Waals surface area contributed by atoms with Crippen LogP contribution < -0.4 is 25.8 Å². The van der Waals surface area contributed by atoms with E-state index in [4.69, 9.17) is 11.6 Å². The number of halogens is 4. The van der Waals surface area contributed by atoms with Crippen LogP contribution in [0.3, 0.4) is 0 Å². The molecule has 0 radical (unpaired) electrons. The van der Waals surface area contributed by atoms with Gasteiger partial charge >= 0.3 is 6.18 Å². The molecule has 1 atom stereocenters. The molecule has 250 valence electrons. The van der Waals surface area contributed by atoms with E-state index in [2.05, 4.69) is 35.9 Å². The Morgan fingerprint density at radius 2 is 1.81 bits per heavy atom. The van der Waals surface area contributed by atoms with Gasteiger partial charge in [-0.15, -0.1) is 0 Å². The van der Waals surface area contributed by atoms with Crippen LogP contribution in [-0.2, 0) is 27.9 Å². The Morgan fingerprint density at radius 1 is 1.04 bits per heavy atom. The monoisotopic (exact) mass is 681 g/mol. The number of imide groups is 1. The first kappa shape index (κ1) is 31.7. The molecule has 0 bridgehead atoms. The van der Waals surface area contributed by atoms with Crippen molar-refractivity contribution < 1.29 is 27.6 Å². The predicted molar refractivity (Wildman–Crippen MR) is 174 cm³/mol. The number of alkyl halides is 3. The molecule has 2 aromatic heterocycles. The van der Waals surface area contributed by atoms with Crippen LogP contribution in [0.2, 0.25) is 5.02 Å². The van der Waals surface area contributed by atoms with Gasteiger partial charge < -0.3 is 20.4 Å². The minimum Gasteiger partial charge on any atom is -0.382 e. The Bertz CT molecular complexity index is 1940. The Balaban J connectivity index is 0.988. The molecule has 4 aromatic rings. The largest absolute Gasteiger partial charge is 0.406 e. The van der Waals surface area contributed by atoms with Crippen molar-refractivity contribution in [1.82, 2.24) is 25.1 Å². The van der Waals surface area contributed by atoms with Crippen LogP contribution in [0, 0.1) is 0 Å². The number of fused-ring (bicyclic) bond motifs is 2. The standard InChI is InChI=1S/C32H31ClF3N9O3/c1-43-25-14-20(2-4-21(25)28(42-43)22-5-7-26(46)40-30(22)48)38-18-8-10-44(11-9-18)31-37-15-23(33)29(41-31)39-19-3-6-24-17(12-19)13-27(47)45(24)16-32(34,35)36/h2-4,6,12,14-15,18,22,38H,5,7-11,13,16H2,1H3,(H,37,39,41)(H,40,46,48). The van der Waals surface area contributed by atoms with E-state index in [1.807, 2.05) is 25.2 Å². The highest BCUT2D eigenvalue weighted by Crippen LogP contribution is 2.36. The molecule has 12 nitrogen and oxygen atoms in total. The fraction of sp³-hybridized carbons (Fsp3) is 0.375. The number of piperidine rings is 2. The number of anilines is 5. The zero-order valence-corrected chi connectivity index (χ0v) is 26.5. The molecule has 5 heterocycles. The molecule has 2 aromatic carbocycles. The third-order valence-electron chi connectivity index (χ3n) is 8.94. The van der Waals surface area contributed by atoms with E-state index in [0.29, 0.717) is 54.6 Å². The fourth-order valence-electron chi connectivity index (χ4n) is 6.59. The molecule has 16 heteroatoms. The first-order valence-electron chi connectivity index (χ1n) is 15.5. The first-order chi connectivity index (χ1) is 22.9. The summed E-state index contributed by atoms with van der Waals surface area (Å²) in [6, 6.07) is 10.9. The normalized spacial score (nSPS) is 18.8. The maximum Gasteiger partial charge on any atom is 0.406 e. The Morgan fingerprint density at radius 3 is 2.56 bits per heavy atom. The summed E-state index contributed by atoms with van der Waals surface area (Å²) in [4.78, 5) is 48.2. The van der Waals surface area contributed by atoms with Gasteiger partial charge in [-0.3, -0.25) is 24.4 Å². The number of aryl methyl sites for hydroxylation is 1. The van der Waals surface area contributed by atoms with Gasteiger partial charge in [0.1, 0.15) is 11.6 Å². The number of rotatable bonds is 7. The van der Waals surface area contributed by atoms with Gasteiger partial charge in [0.25, 0.3) is 0 Å². The SMILES string of the molecule is Cn1nc(C2CCC(=O)NC2=O)c2ccc(NC3CCN(c4ncc(Cl)c(Nc5ccc6c(c5)CC(=O)N6CC(F)(F)F)n4)CC3)cc21.